The Balaban J connectivity index is 3.65. The van der Waals surface area contributed by atoms with Crippen molar-refractivity contribution in [2.75, 3.05) is 13.2 Å². The topological polar surface area (TPSA) is 72.8 Å². The van der Waals surface area contributed by atoms with Crippen molar-refractivity contribution in [1.29, 1.82) is 0 Å². The molecule has 0 aromatic carbocycles. The molecular formula is C24H46O5. The molecule has 172 valence electrons. The number of carbonyl (C=O) groups is 2. The molecule has 0 bridgehead atoms. The number of hydrogen-bond acceptors (Lipinski definition) is 5. The average Bonchev–Trinajstić information content (AvgIpc) is 2.72. The zero-order chi connectivity index (χ0) is 21.6. The van der Waals surface area contributed by atoms with E-state index in [9.17, 15) is 14.7 Å². The third-order valence-corrected chi connectivity index (χ3v) is 5.15. The summed E-state index contributed by atoms with van der Waals surface area (Å²) >= 11 is 0. The van der Waals surface area contributed by atoms with Crippen LogP contribution >= 0.6 is 0 Å². The first kappa shape index (κ1) is 27.9. The van der Waals surface area contributed by atoms with Gasteiger partial charge in [0.2, 0.25) is 0 Å². The van der Waals surface area contributed by atoms with Crippen LogP contribution in [0, 0.1) is 0 Å². The second kappa shape index (κ2) is 21.6. The van der Waals surface area contributed by atoms with Crippen LogP contribution in [0.15, 0.2) is 0 Å². The van der Waals surface area contributed by atoms with Crippen molar-refractivity contribution >= 4 is 11.9 Å². The van der Waals surface area contributed by atoms with Crippen LogP contribution in [0.25, 0.3) is 0 Å². The van der Waals surface area contributed by atoms with Crippen molar-refractivity contribution in [3.05, 3.63) is 0 Å². The van der Waals surface area contributed by atoms with Crippen molar-refractivity contribution in [2.24, 2.45) is 0 Å². The van der Waals surface area contributed by atoms with Crippen LogP contribution in [-0.4, -0.2) is 36.4 Å². The standard InChI is InChI=1S/C24H46O5/c1-3-5-7-9-11-13-14-16-18-23(26)28-21-22(20-25)29-24(27)19-17-15-12-10-8-6-4-2/h22,25H,3-21H2,1-2H3/t22-/m0/s1. The monoisotopic (exact) mass is 414 g/mol. The van der Waals surface area contributed by atoms with Crippen LogP contribution in [0.2, 0.25) is 0 Å². The molecule has 0 aliphatic heterocycles. The number of unbranched alkanes of at least 4 members (excludes halogenated alkanes) is 13. The molecule has 0 unspecified atom stereocenters. The molecule has 0 aliphatic carbocycles. The van der Waals surface area contributed by atoms with Gasteiger partial charge in [0.05, 0.1) is 6.61 Å². The summed E-state index contributed by atoms with van der Waals surface area (Å²) in [5.74, 6) is -0.603. The van der Waals surface area contributed by atoms with Gasteiger partial charge in [-0.25, -0.2) is 0 Å². The maximum absolute atomic E-state index is 11.9. The van der Waals surface area contributed by atoms with E-state index in [2.05, 4.69) is 13.8 Å². The highest BCUT2D eigenvalue weighted by molar-refractivity contribution is 5.70. The van der Waals surface area contributed by atoms with Crippen LogP contribution in [0.4, 0.5) is 0 Å². The maximum atomic E-state index is 11.9. The second-order valence-corrected chi connectivity index (χ2v) is 8.07. The zero-order valence-corrected chi connectivity index (χ0v) is 19.1. The Kier molecular flexibility index (Phi) is 20.8. The minimum absolute atomic E-state index is 0.0604. The molecule has 5 nitrogen and oxygen atoms in total. The molecule has 0 heterocycles. The Morgan fingerprint density at radius 3 is 1.52 bits per heavy atom. The molecule has 1 N–H and O–H groups in total. The molecule has 5 heteroatoms. The van der Waals surface area contributed by atoms with E-state index < -0.39 is 6.10 Å². The summed E-state index contributed by atoms with van der Waals surface area (Å²) in [6, 6.07) is 0. The van der Waals surface area contributed by atoms with E-state index in [1.807, 2.05) is 0 Å². The molecule has 0 aromatic heterocycles. The first-order valence-electron chi connectivity index (χ1n) is 12.1. The van der Waals surface area contributed by atoms with E-state index in [1.165, 1.54) is 57.8 Å². The van der Waals surface area contributed by atoms with Gasteiger partial charge in [-0.15, -0.1) is 0 Å². The molecule has 1 atom stereocenters. The van der Waals surface area contributed by atoms with Crippen molar-refractivity contribution in [3.8, 4) is 0 Å². The molecular weight excluding hydrogens is 368 g/mol. The summed E-state index contributed by atoms with van der Waals surface area (Å²) in [6.45, 7) is 4.02. The molecule has 0 rings (SSSR count). The van der Waals surface area contributed by atoms with Crippen LogP contribution in [0.3, 0.4) is 0 Å². The van der Waals surface area contributed by atoms with E-state index in [4.69, 9.17) is 9.47 Å². The zero-order valence-electron chi connectivity index (χ0n) is 19.1. The lowest BCUT2D eigenvalue weighted by atomic mass is 10.1. The third-order valence-electron chi connectivity index (χ3n) is 5.15. The van der Waals surface area contributed by atoms with Crippen molar-refractivity contribution in [2.45, 2.75) is 129 Å². The fourth-order valence-electron chi connectivity index (χ4n) is 3.26. The SMILES string of the molecule is CCCCCCCCCCC(=O)OC[C@H](CO)OC(=O)CCCCCCCCC. The molecule has 0 aromatic rings. The predicted molar refractivity (Wildman–Crippen MR) is 118 cm³/mol. The van der Waals surface area contributed by atoms with Crippen LogP contribution in [0.1, 0.15) is 123 Å². The van der Waals surface area contributed by atoms with Crippen molar-refractivity contribution < 1.29 is 24.2 Å². The summed E-state index contributed by atoms with van der Waals surface area (Å²) < 4.78 is 10.4. The van der Waals surface area contributed by atoms with Gasteiger partial charge in [0.25, 0.3) is 0 Å². The molecule has 0 spiro atoms. The highest BCUT2D eigenvalue weighted by Gasteiger charge is 2.16. The Labute approximate surface area is 178 Å². The van der Waals surface area contributed by atoms with E-state index in [0.717, 1.165) is 38.5 Å². The average molecular weight is 415 g/mol. The van der Waals surface area contributed by atoms with Gasteiger partial charge in [-0.05, 0) is 12.8 Å². The fourth-order valence-corrected chi connectivity index (χ4v) is 3.26. The van der Waals surface area contributed by atoms with Crippen molar-refractivity contribution in [1.82, 2.24) is 0 Å². The van der Waals surface area contributed by atoms with E-state index in [0.29, 0.717) is 12.8 Å². The number of hydrogen-bond donors (Lipinski definition) is 1. The number of ether oxygens (including phenoxy) is 2. The quantitative estimate of drug-likeness (QED) is 0.181. The van der Waals surface area contributed by atoms with Gasteiger partial charge >= 0.3 is 11.9 Å². The van der Waals surface area contributed by atoms with Gasteiger partial charge in [0, 0.05) is 12.8 Å². The lowest BCUT2D eigenvalue weighted by Gasteiger charge is -2.15. The highest BCUT2D eigenvalue weighted by Crippen LogP contribution is 2.11. The molecule has 0 fully saturated rings. The maximum Gasteiger partial charge on any atom is 0.306 e. The smallest absolute Gasteiger partial charge is 0.306 e. The summed E-state index contributed by atoms with van der Waals surface area (Å²) in [5, 5.41) is 9.35. The summed E-state index contributed by atoms with van der Waals surface area (Å²) in [4.78, 5) is 23.7. The number of esters is 2. The first-order valence-corrected chi connectivity index (χ1v) is 12.1. The summed E-state index contributed by atoms with van der Waals surface area (Å²) in [7, 11) is 0. The van der Waals surface area contributed by atoms with E-state index >= 15 is 0 Å². The number of aliphatic hydroxyl groups excluding tert-OH is 1. The number of rotatable bonds is 21. The largest absolute Gasteiger partial charge is 0.462 e. The Morgan fingerprint density at radius 2 is 1.07 bits per heavy atom. The van der Waals surface area contributed by atoms with Gasteiger partial charge in [0.1, 0.15) is 6.61 Å². The minimum atomic E-state index is -0.755. The fraction of sp³-hybridized carbons (Fsp3) is 0.917. The summed E-state index contributed by atoms with van der Waals surface area (Å²) in [6.07, 6.45) is 17.4. The molecule has 0 radical (unpaired) electrons. The van der Waals surface area contributed by atoms with Gasteiger partial charge in [-0.1, -0.05) is 97.3 Å². The molecule has 0 amide bonds. The number of aliphatic hydroxyl groups is 1. The molecule has 0 aliphatic rings. The van der Waals surface area contributed by atoms with Gasteiger partial charge in [-0.3, -0.25) is 9.59 Å². The summed E-state index contributed by atoms with van der Waals surface area (Å²) in [5.41, 5.74) is 0. The Hall–Kier alpha value is -1.10. The van der Waals surface area contributed by atoms with Gasteiger partial charge < -0.3 is 14.6 Å². The lowest BCUT2D eigenvalue weighted by molar-refractivity contribution is -0.161. The Morgan fingerprint density at radius 1 is 0.655 bits per heavy atom. The van der Waals surface area contributed by atoms with Gasteiger partial charge in [-0.2, -0.15) is 0 Å². The highest BCUT2D eigenvalue weighted by atomic mass is 16.6. The molecule has 0 saturated carbocycles. The predicted octanol–water partition coefficient (Wildman–Crippen LogP) is 6.11. The van der Waals surface area contributed by atoms with Crippen LogP contribution < -0.4 is 0 Å². The lowest BCUT2D eigenvalue weighted by Crippen LogP contribution is -2.28. The van der Waals surface area contributed by atoms with E-state index in [1.54, 1.807) is 0 Å². The normalized spacial score (nSPS) is 12.0. The van der Waals surface area contributed by atoms with Crippen LogP contribution in [0.5, 0.6) is 0 Å². The second-order valence-electron chi connectivity index (χ2n) is 8.07. The molecule has 29 heavy (non-hydrogen) atoms. The molecule has 0 saturated heterocycles. The number of carbonyl (C=O) groups excluding carboxylic acids is 2. The van der Waals surface area contributed by atoms with Crippen LogP contribution in [-0.2, 0) is 19.1 Å². The first-order chi connectivity index (χ1) is 14.1. The van der Waals surface area contributed by atoms with Gasteiger partial charge in [0.15, 0.2) is 6.10 Å². The van der Waals surface area contributed by atoms with Crippen molar-refractivity contribution in [3.63, 3.8) is 0 Å². The third kappa shape index (κ3) is 20.0. The Bertz CT molecular complexity index is 383. The minimum Gasteiger partial charge on any atom is -0.462 e. The van der Waals surface area contributed by atoms with E-state index in [-0.39, 0.29) is 25.2 Å².